The molecule has 1 aromatic carbocycles. The average Bonchev–Trinajstić information content (AvgIpc) is 2.15. The topological polar surface area (TPSA) is 37.4 Å². The normalized spacial score (nSPS) is 10.2. The fraction of sp³-hybridized carbons (Fsp3) is 0.111. The molecule has 0 fully saturated rings. The molecule has 0 saturated carbocycles. The Morgan fingerprint density at radius 3 is 2.53 bits per heavy atom. The molecule has 0 bridgehead atoms. The third kappa shape index (κ3) is 2.89. The molecule has 0 N–H and O–H groups in total. The van der Waals surface area contributed by atoms with E-state index in [0.717, 1.165) is 12.1 Å². The van der Waals surface area contributed by atoms with Crippen molar-refractivity contribution in [3.8, 4) is 11.8 Å². The van der Waals surface area contributed by atoms with Crippen LogP contribution in [0, 0.1) is 17.9 Å². The second kappa shape index (κ2) is 3.89. The summed E-state index contributed by atoms with van der Waals surface area (Å²) in [6.07, 6.45) is -4.87. The zero-order valence-electron chi connectivity index (χ0n) is 7.17. The molecule has 15 heavy (non-hydrogen) atoms. The Bertz CT molecular complexity index is 454. The molecule has 0 saturated heterocycles. The number of halogens is 3. The van der Waals surface area contributed by atoms with Crippen molar-refractivity contribution < 1.29 is 17.9 Å². The van der Waals surface area contributed by atoms with Gasteiger partial charge in [-0.15, -0.1) is 13.2 Å². The van der Waals surface area contributed by atoms with Crippen molar-refractivity contribution in [2.75, 3.05) is 0 Å². The van der Waals surface area contributed by atoms with E-state index in [-0.39, 0.29) is 11.3 Å². The summed E-state index contributed by atoms with van der Waals surface area (Å²) in [4.78, 5) is 2.85. The van der Waals surface area contributed by atoms with Crippen LogP contribution in [0.25, 0.3) is 4.85 Å². The van der Waals surface area contributed by atoms with Crippen LogP contribution in [0.15, 0.2) is 18.2 Å². The van der Waals surface area contributed by atoms with Gasteiger partial charge in [-0.2, -0.15) is 5.26 Å². The minimum absolute atomic E-state index is 0.00153. The van der Waals surface area contributed by atoms with Gasteiger partial charge < -0.3 is 4.74 Å². The van der Waals surface area contributed by atoms with Crippen LogP contribution in [0.3, 0.4) is 0 Å². The first-order valence-corrected chi connectivity index (χ1v) is 3.63. The van der Waals surface area contributed by atoms with Gasteiger partial charge in [0.25, 0.3) is 0 Å². The minimum Gasteiger partial charge on any atom is -0.418 e. The zero-order valence-corrected chi connectivity index (χ0v) is 7.17. The third-order valence-corrected chi connectivity index (χ3v) is 1.44. The van der Waals surface area contributed by atoms with Gasteiger partial charge in [0.2, 0.25) is 5.69 Å². The highest BCUT2D eigenvalue weighted by Gasteiger charge is 2.32. The van der Waals surface area contributed by atoms with Crippen LogP contribution >= 0.6 is 0 Å². The lowest BCUT2D eigenvalue weighted by atomic mass is 10.2. The number of hydrogen-bond donors (Lipinski definition) is 0. The molecule has 0 aliphatic rings. The number of hydrogen-bond acceptors (Lipinski definition) is 2. The SMILES string of the molecule is [C-]#[N+]c1ccc(C#N)cc1OC(F)(F)F. The van der Waals surface area contributed by atoms with Crippen LogP contribution in [0.1, 0.15) is 5.56 Å². The van der Waals surface area contributed by atoms with Crippen molar-refractivity contribution >= 4 is 5.69 Å². The number of ether oxygens (including phenoxy) is 1. The van der Waals surface area contributed by atoms with E-state index in [1.807, 2.05) is 0 Å². The smallest absolute Gasteiger partial charge is 0.418 e. The summed E-state index contributed by atoms with van der Waals surface area (Å²) in [5.41, 5.74) is -0.284. The van der Waals surface area contributed by atoms with Crippen molar-refractivity contribution in [1.82, 2.24) is 0 Å². The Morgan fingerprint density at radius 1 is 1.40 bits per heavy atom. The van der Waals surface area contributed by atoms with Gasteiger partial charge in [-0.25, -0.2) is 4.85 Å². The highest BCUT2D eigenvalue weighted by molar-refractivity contribution is 5.60. The van der Waals surface area contributed by atoms with Gasteiger partial charge in [-0.05, 0) is 6.07 Å². The van der Waals surface area contributed by atoms with Gasteiger partial charge in [0, 0.05) is 0 Å². The predicted molar refractivity (Wildman–Crippen MR) is 44.1 cm³/mol. The lowest BCUT2D eigenvalue weighted by Gasteiger charge is -2.10. The predicted octanol–water partition coefficient (Wildman–Crippen LogP) is 3.01. The maximum atomic E-state index is 11.9. The molecule has 76 valence electrons. The number of alkyl halides is 3. The van der Waals surface area contributed by atoms with Crippen LogP contribution in [0.2, 0.25) is 0 Å². The van der Waals surface area contributed by atoms with Gasteiger partial charge in [-0.1, -0.05) is 12.1 Å². The van der Waals surface area contributed by atoms with Gasteiger partial charge in [0.1, 0.15) is 5.75 Å². The number of nitrogens with zero attached hydrogens (tertiary/aromatic N) is 2. The molecule has 0 atom stereocenters. The lowest BCUT2D eigenvalue weighted by molar-refractivity contribution is -0.274. The molecule has 0 unspecified atom stereocenters. The molecule has 0 spiro atoms. The Balaban J connectivity index is 3.15. The van der Waals surface area contributed by atoms with Crippen LogP contribution < -0.4 is 4.74 Å². The third-order valence-electron chi connectivity index (χ3n) is 1.44. The Morgan fingerprint density at radius 2 is 2.07 bits per heavy atom. The van der Waals surface area contributed by atoms with Gasteiger partial charge in [-0.3, -0.25) is 0 Å². The fourth-order valence-electron chi connectivity index (χ4n) is 0.882. The summed E-state index contributed by atoms with van der Waals surface area (Å²) in [6, 6.07) is 4.88. The largest absolute Gasteiger partial charge is 0.571 e. The fourth-order valence-corrected chi connectivity index (χ4v) is 0.882. The maximum Gasteiger partial charge on any atom is 0.571 e. The average molecular weight is 212 g/mol. The van der Waals surface area contributed by atoms with Crippen molar-refractivity contribution in [2.45, 2.75) is 6.36 Å². The van der Waals surface area contributed by atoms with Crippen molar-refractivity contribution in [3.63, 3.8) is 0 Å². The van der Waals surface area contributed by atoms with E-state index in [1.165, 1.54) is 6.07 Å². The molecule has 0 amide bonds. The summed E-state index contributed by atoms with van der Waals surface area (Å²) in [6.45, 7) is 6.61. The zero-order chi connectivity index (χ0) is 11.5. The molecular weight excluding hydrogens is 209 g/mol. The first-order chi connectivity index (χ1) is 6.96. The molecule has 1 rings (SSSR count). The molecule has 6 heteroatoms. The number of rotatable bonds is 1. The minimum atomic E-state index is -4.87. The van der Waals surface area contributed by atoms with Crippen molar-refractivity contribution in [2.24, 2.45) is 0 Å². The molecule has 0 heterocycles. The summed E-state index contributed by atoms with van der Waals surface area (Å²) < 4.78 is 39.3. The van der Waals surface area contributed by atoms with E-state index in [0.29, 0.717) is 0 Å². The van der Waals surface area contributed by atoms with E-state index in [9.17, 15) is 13.2 Å². The second-order valence-electron chi connectivity index (χ2n) is 2.45. The summed E-state index contributed by atoms with van der Waals surface area (Å²) in [5.74, 6) is -0.656. The highest BCUT2D eigenvalue weighted by atomic mass is 19.4. The van der Waals surface area contributed by atoms with Gasteiger partial charge in [0.05, 0.1) is 18.2 Å². The van der Waals surface area contributed by atoms with Crippen LogP contribution in [0.4, 0.5) is 18.9 Å². The molecule has 1 aromatic rings. The molecule has 3 nitrogen and oxygen atoms in total. The van der Waals surface area contributed by atoms with E-state index >= 15 is 0 Å². The van der Waals surface area contributed by atoms with Crippen LogP contribution in [0.5, 0.6) is 5.75 Å². The first kappa shape index (κ1) is 10.9. The molecular formula is C9H3F3N2O. The van der Waals surface area contributed by atoms with E-state index in [4.69, 9.17) is 11.8 Å². The van der Waals surface area contributed by atoms with E-state index in [1.54, 1.807) is 6.07 Å². The molecule has 0 aromatic heterocycles. The van der Waals surface area contributed by atoms with Crippen molar-refractivity contribution in [1.29, 1.82) is 5.26 Å². The van der Waals surface area contributed by atoms with Crippen LogP contribution in [-0.2, 0) is 0 Å². The molecule has 0 aliphatic carbocycles. The Labute approximate surface area is 83.1 Å². The summed E-state index contributed by atoms with van der Waals surface area (Å²) in [5, 5.41) is 8.46. The summed E-state index contributed by atoms with van der Waals surface area (Å²) >= 11 is 0. The first-order valence-electron chi connectivity index (χ1n) is 3.63. The van der Waals surface area contributed by atoms with Crippen LogP contribution in [-0.4, -0.2) is 6.36 Å². The van der Waals surface area contributed by atoms with Gasteiger partial charge in [0.15, 0.2) is 0 Å². The number of benzene rings is 1. The second-order valence-corrected chi connectivity index (χ2v) is 2.45. The van der Waals surface area contributed by atoms with Crippen molar-refractivity contribution in [3.05, 3.63) is 35.2 Å². The van der Waals surface area contributed by atoms with Gasteiger partial charge >= 0.3 is 6.36 Å². The van der Waals surface area contributed by atoms with E-state index in [2.05, 4.69) is 9.58 Å². The number of nitriles is 1. The monoisotopic (exact) mass is 212 g/mol. The molecule has 0 radical (unpaired) electrons. The Kier molecular flexibility index (Phi) is 2.82. The Hall–Kier alpha value is -2.21. The maximum absolute atomic E-state index is 11.9. The summed E-state index contributed by atoms with van der Waals surface area (Å²) in [7, 11) is 0. The van der Waals surface area contributed by atoms with E-state index < -0.39 is 12.1 Å². The highest BCUT2D eigenvalue weighted by Crippen LogP contribution is 2.33. The molecule has 0 aliphatic heterocycles. The lowest BCUT2D eigenvalue weighted by Crippen LogP contribution is -2.17. The standard InChI is InChI=1S/C9H3F3N2O/c1-14-7-3-2-6(5-13)4-8(7)15-9(10,11)12/h2-4H. The quantitative estimate of drug-likeness (QED) is 0.671.